The third-order valence-electron chi connectivity index (χ3n) is 4.44. The van der Waals surface area contributed by atoms with Crippen molar-refractivity contribution in [3.05, 3.63) is 78.2 Å². The van der Waals surface area contributed by atoms with Gasteiger partial charge in [0, 0.05) is 12.4 Å². The molecule has 7 heteroatoms. The number of amides is 1. The second-order valence-electron chi connectivity index (χ2n) is 6.23. The predicted octanol–water partition coefficient (Wildman–Crippen LogP) is 3.74. The van der Waals surface area contributed by atoms with Crippen molar-refractivity contribution in [3.8, 4) is 0 Å². The Bertz CT molecular complexity index is 920. The number of carbonyl (C=O) groups excluding carboxylic acids is 1. The molecule has 4 rings (SSSR count). The highest BCUT2D eigenvalue weighted by atomic mass is 16.6. The first kappa shape index (κ1) is 17.0. The van der Waals surface area contributed by atoms with Gasteiger partial charge in [-0.15, -0.1) is 0 Å². The van der Waals surface area contributed by atoms with Crippen LogP contribution in [0.3, 0.4) is 0 Å². The van der Waals surface area contributed by atoms with E-state index in [2.05, 4.69) is 20.3 Å². The summed E-state index contributed by atoms with van der Waals surface area (Å²) in [4.78, 5) is 27.0. The summed E-state index contributed by atoms with van der Waals surface area (Å²) in [6.45, 7) is 2.27. The van der Waals surface area contributed by atoms with Gasteiger partial charge in [-0.2, -0.15) is 4.98 Å². The molecule has 1 N–H and O–H groups in total. The van der Waals surface area contributed by atoms with Crippen LogP contribution in [-0.4, -0.2) is 27.7 Å². The molecule has 0 aliphatic carbocycles. The number of carbonyl (C=O) groups is 1. The molecule has 1 aliphatic rings. The Morgan fingerprint density at radius 2 is 1.89 bits per heavy atom. The normalized spacial score (nSPS) is 17.4. The largest absolute Gasteiger partial charge is 0.446 e. The molecule has 0 saturated carbocycles. The molecular formula is C20H19N5O2. The summed E-state index contributed by atoms with van der Waals surface area (Å²) < 4.78 is 5.24. The van der Waals surface area contributed by atoms with Crippen LogP contribution in [0.4, 0.5) is 16.6 Å². The van der Waals surface area contributed by atoms with E-state index in [0.29, 0.717) is 11.8 Å². The average molecular weight is 361 g/mol. The highest BCUT2D eigenvalue weighted by Gasteiger charge is 2.37. The minimum absolute atomic E-state index is 0.0265. The van der Waals surface area contributed by atoms with Gasteiger partial charge in [0.1, 0.15) is 18.5 Å². The summed E-state index contributed by atoms with van der Waals surface area (Å²) in [6, 6.07) is 17.0. The summed E-state index contributed by atoms with van der Waals surface area (Å²) >= 11 is 0. The lowest BCUT2D eigenvalue weighted by Crippen LogP contribution is -2.29. The van der Waals surface area contributed by atoms with Gasteiger partial charge in [0.05, 0.1) is 11.7 Å². The number of aromatic nitrogens is 3. The Hall–Kier alpha value is -3.48. The molecular weight excluding hydrogens is 342 g/mol. The fraction of sp³-hybridized carbons (Fsp3) is 0.200. The van der Waals surface area contributed by atoms with Gasteiger partial charge >= 0.3 is 6.09 Å². The van der Waals surface area contributed by atoms with Crippen LogP contribution in [0.5, 0.6) is 0 Å². The van der Waals surface area contributed by atoms with Gasteiger partial charge in [-0.25, -0.2) is 14.7 Å². The summed E-state index contributed by atoms with van der Waals surface area (Å²) in [5, 5.41) is 3.27. The molecule has 1 saturated heterocycles. The number of anilines is 2. The lowest BCUT2D eigenvalue weighted by molar-refractivity contribution is 0.178. The fourth-order valence-electron chi connectivity index (χ4n) is 3.04. The third-order valence-corrected chi connectivity index (χ3v) is 4.44. The van der Waals surface area contributed by atoms with Crippen LogP contribution in [0.1, 0.15) is 30.3 Å². The zero-order valence-electron chi connectivity index (χ0n) is 14.8. The first-order valence-electron chi connectivity index (χ1n) is 8.74. The van der Waals surface area contributed by atoms with Crippen molar-refractivity contribution in [1.29, 1.82) is 0 Å². The van der Waals surface area contributed by atoms with E-state index in [0.717, 1.165) is 11.3 Å². The van der Waals surface area contributed by atoms with Gasteiger partial charge in [0.2, 0.25) is 5.95 Å². The number of rotatable bonds is 5. The topological polar surface area (TPSA) is 80.2 Å². The molecule has 2 aromatic heterocycles. The van der Waals surface area contributed by atoms with Crippen molar-refractivity contribution < 1.29 is 9.53 Å². The number of cyclic esters (lactones) is 1. The standard InChI is InChI=1S/C20H19N5O2/c1-14(15-7-3-2-4-8-15)23-19-22-12-10-18(24-19)25-17(13-27-20(25)26)16-9-5-6-11-21-16/h2-12,14,17H,13H2,1H3,(H,22,23,24)/t14-,17-/m0/s1. The monoisotopic (exact) mass is 361 g/mol. The van der Waals surface area contributed by atoms with E-state index in [1.165, 1.54) is 4.90 Å². The van der Waals surface area contributed by atoms with Crippen molar-refractivity contribution in [2.24, 2.45) is 0 Å². The Kier molecular flexibility index (Phi) is 4.65. The summed E-state index contributed by atoms with van der Waals surface area (Å²) in [7, 11) is 0. The number of benzene rings is 1. The molecule has 7 nitrogen and oxygen atoms in total. The first-order chi connectivity index (χ1) is 13.2. The molecule has 1 fully saturated rings. The van der Waals surface area contributed by atoms with Crippen LogP contribution in [0, 0.1) is 0 Å². The van der Waals surface area contributed by atoms with Gasteiger partial charge in [-0.3, -0.25) is 4.98 Å². The van der Waals surface area contributed by atoms with E-state index in [-0.39, 0.29) is 18.7 Å². The van der Waals surface area contributed by atoms with Crippen molar-refractivity contribution in [2.75, 3.05) is 16.8 Å². The van der Waals surface area contributed by atoms with Crippen molar-refractivity contribution >= 4 is 17.9 Å². The maximum Gasteiger partial charge on any atom is 0.416 e. The highest BCUT2D eigenvalue weighted by molar-refractivity contribution is 5.89. The van der Waals surface area contributed by atoms with E-state index < -0.39 is 6.09 Å². The van der Waals surface area contributed by atoms with Crippen LogP contribution < -0.4 is 10.2 Å². The SMILES string of the molecule is C[C@H](Nc1nccc(N2C(=O)OC[C@H]2c2ccccn2)n1)c1ccccc1. The van der Waals surface area contributed by atoms with E-state index in [1.54, 1.807) is 18.5 Å². The summed E-state index contributed by atoms with van der Waals surface area (Å²) in [5.74, 6) is 0.925. The maximum absolute atomic E-state index is 12.3. The average Bonchev–Trinajstić information content (AvgIpc) is 3.11. The number of nitrogens with zero attached hydrogens (tertiary/aromatic N) is 4. The summed E-state index contributed by atoms with van der Waals surface area (Å²) in [5.41, 5.74) is 1.88. The van der Waals surface area contributed by atoms with Crippen LogP contribution in [0.2, 0.25) is 0 Å². The molecule has 136 valence electrons. The summed E-state index contributed by atoms with van der Waals surface area (Å²) in [6.07, 6.45) is 2.89. The molecule has 1 amide bonds. The van der Waals surface area contributed by atoms with Crippen molar-refractivity contribution in [2.45, 2.75) is 19.0 Å². The molecule has 0 unspecified atom stereocenters. The Labute approximate surface area is 157 Å². The van der Waals surface area contributed by atoms with Gasteiger partial charge in [-0.05, 0) is 30.7 Å². The second kappa shape index (κ2) is 7.41. The molecule has 1 aliphatic heterocycles. The smallest absolute Gasteiger partial charge is 0.416 e. The fourth-order valence-corrected chi connectivity index (χ4v) is 3.04. The third kappa shape index (κ3) is 3.57. The number of pyridine rings is 1. The number of ether oxygens (including phenoxy) is 1. The Morgan fingerprint density at radius 3 is 2.67 bits per heavy atom. The van der Waals surface area contributed by atoms with Gasteiger partial charge in [-0.1, -0.05) is 36.4 Å². The Morgan fingerprint density at radius 1 is 1.07 bits per heavy atom. The number of hydrogen-bond donors (Lipinski definition) is 1. The molecule has 27 heavy (non-hydrogen) atoms. The molecule has 0 spiro atoms. The maximum atomic E-state index is 12.3. The van der Waals surface area contributed by atoms with Crippen molar-refractivity contribution in [3.63, 3.8) is 0 Å². The molecule has 3 aromatic rings. The highest BCUT2D eigenvalue weighted by Crippen LogP contribution is 2.31. The second-order valence-corrected chi connectivity index (χ2v) is 6.23. The first-order valence-corrected chi connectivity index (χ1v) is 8.74. The van der Waals surface area contributed by atoms with Crippen molar-refractivity contribution in [1.82, 2.24) is 15.0 Å². The number of hydrogen-bond acceptors (Lipinski definition) is 6. The zero-order chi connectivity index (χ0) is 18.6. The predicted molar refractivity (Wildman–Crippen MR) is 101 cm³/mol. The molecule has 0 radical (unpaired) electrons. The van der Waals surface area contributed by atoms with Gasteiger partial charge in [0.25, 0.3) is 0 Å². The lowest BCUT2D eigenvalue weighted by atomic mass is 10.1. The molecule has 1 aromatic carbocycles. The minimum Gasteiger partial charge on any atom is -0.446 e. The van der Waals surface area contributed by atoms with Gasteiger partial charge < -0.3 is 10.1 Å². The quantitative estimate of drug-likeness (QED) is 0.746. The van der Waals surface area contributed by atoms with E-state index in [9.17, 15) is 4.79 Å². The van der Waals surface area contributed by atoms with E-state index in [1.807, 2.05) is 55.5 Å². The van der Waals surface area contributed by atoms with Crippen LogP contribution >= 0.6 is 0 Å². The lowest BCUT2D eigenvalue weighted by Gasteiger charge is -2.21. The molecule has 0 bridgehead atoms. The molecule has 2 atom stereocenters. The van der Waals surface area contributed by atoms with E-state index in [4.69, 9.17) is 4.74 Å². The Balaban J connectivity index is 1.58. The van der Waals surface area contributed by atoms with Crippen LogP contribution in [0.15, 0.2) is 67.0 Å². The van der Waals surface area contributed by atoms with Crippen LogP contribution in [-0.2, 0) is 4.74 Å². The zero-order valence-corrected chi connectivity index (χ0v) is 14.8. The molecule has 3 heterocycles. The minimum atomic E-state index is -0.439. The van der Waals surface area contributed by atoms with E-state index >= 15 is 0 Å². The van der Waals surface area contributed by atoms with Crippen LogP contribution in [0.25, 0.3) is 0 Å². The van der Waals surface area contributed by atoms with Gasteiger partial charge in [0.15, 0.2) is 0 Å². The number of nitrogens with one attached hydrogen (secondary N) is 1.